The molecule has 4 aromatic rings. The molecule has 0 aliphatic rings. The van der Waals surface area contributed by atoms with Crippen molar-refractivity contribution >= 4 is 18.0 Å². The number of hydrogen-bond acceptors (Lipinski definition) is 6. The first kappa shape index (κ1) is 18.9. The number of furan rings is 2. The van der Waals surface area contributed by atoms with E-state index in [1.54, 1.807) is 41.4 Å². The largest absolute Gasteiger partial charge is 0.467 e. The Kier molecular flexibility index (Phi) is 5.52. The molecule has 9 heteroatoms. The van der Waals surface area contributed by atoms with Gasteiger partial charge in [0.05, 0.1) is 31.0 Å². The number of carbonyl (C=O) groups excluding carboxylic acids is 2. The highest BCUT2D eigenvalue weighted by atomic mass is 16.3. The van der Waals surface area contributed by atoms with Gasteiger partial charge in [-0.3, -0.25) is 9.59 Å². The van der Waals surface area contributed by atoms with Crippen molar-refractivity contribution in [1.82, 2.24) is 20.5 Å². The van der Waals surface area contributed by atoms with Crippen LogP contribution in [0.5, 0.6) is 0 Å². The number of nitrogens with zero attached hydrogens (tertiary/aromatic N) is 3. The van der Waals surface area contributed by atoms with E-state index in [1.807, 2.05) is 30.3 Å². The highest BCUT2D eigenvalue weighted by molar-refractivity contribution is 6.35. The molecule has 0 aliphatic carbocycles. The molecule has 3 aromatic heterocycles. The zero-order chi connectivity index (χ0) is 20.8. The van der Waals surface area contributed by atoms with E-state index < -0.39 is 11.8 Å². The summed E-state index contributed by atoms with van der Waals surface area (Å²) in [5.41, 5.74) is 4.20. The Bertz CT molecular complexity index is 1150. The number of rotatable bonds is 6. The van der Waals surface area contributed by atoms with Gasteiger partial charge in [-0.15, -0.1) is 0 Å². The second-order valence-electron chi connectivity index (χ2n) is 6.15. The molecule has 3 heterocycles. The van der Waals surface area contributed by atoms with Gasteiger partial charge in [0.25, 0.3) is 0 Å². The van der Waals surface area contributed by atoms with Crippen LogP contribution in [0.1, 0.15) is 11.3 Å². The molecule has 4 rings (SSSR count). The van der Waals surface area contributed by atoms with Crippen LogP contribution in [0.2, 0.25) is 0 Å². The maximum absolute atomic E-state index is 11.9. The Morgan fingerprint density at radius 2 is 1.80 bits per heavy atom. The summed E-state index contributed by atoms with van der Waals surface area (Å²) in [6.07, 6.45) is 6.18. The lowest BCUT2D eigenvalue weighted by Gasteiger charge is -2.01. The van der Waals surface area contributed by atoms with Crippen LogP contribution in [0, 0.1) is 0 Å². The molecule has 1 aromatic carbocycles. The first-order valence-corrected chi connectivity index (χ1v) is 9.03. The van der Waals surface area contributed by atoms with Gasteiger partial charge in [-0.2, -0.15) is 10.2 Å². The Hall–Kier alpha value is -4.40. The number of amides is 2. The van der Waals surface area contributed by atoms with Crippen molar-refractivity contribution in [3.05, 3.63) is 84.6 Å². The van der Waals surface area contributed by atoms with Crippen LogP contribution < -0.4 is 10.7 Å². The van der Waals surface area contributed by atoms with E-state index >= 15 is 0 Å². The third-order valence-electron chi connectivity index (χ3n) is 4.10. The predicted molar refractivity (Wildman–Crippen MR) is 108 cm³/mol. The molecule has 2 N–H and O–H groups in total. The molecule has 9 nitrogen and oxygen atoms in total. The fourth-order valence-electron chi connectivity index (χ4n) is 2.67. The van der Waals surface area contributed by atoms with E-state index in [0.29, 0.717) is 22.8 Å². The number of hydrazone groups is 1. The molecular formula is C21H17N5O4. The zero-order valence-electron chi connectivity index (χ0n) is 15.7. The molecule has 150 valence electrons. The first-order chi connectivity index (χ1) is 14.7. The molecule has 0 fully saturated rings. The Morgan fingerprint density at radius 3 is 2.53 bits per heavy atom. The minimum absolute atomic E-state index is 0.107. The van der Waals surface area contributed by atoms with Crippen molar-refractivity contribution in [2.24, 2.45) is 5.10 Å². The van der Waals surface area contributed by atoms with E-state index in [0.717, 1.165) is 5.69 Å². The molecule has 0 bridgehead atoms. The Labute approximate surface area is 171 Å². The average molecular weight is 403 g/mol. The summed E-state index contributed by atoms with van der Waals surface area (Å²) in [6, 6.07) is 16.4. The van der Waals surface area contributed by atoms with E-state index in [1.165, 1.54) is 12.5 Å². The number of hydrogen-bond donors (Lipinski definition) is 2. The summed E-state index contributed by atoms with van der Waals surface area (Å²) >= 11 is 0. The summed E-state index contributed by atoms with van der Waals surface area (Å²) in [7, 11) is 0. The smallest absolute Gasteiger partial charge is 0.329 e. The topological polar surface area (TPSA) is 115 Å². The highest BCUT2D eigenvalue weighted by Crippen LogP contribution is 2.23. The predicted octanol–water partition coefficient (Wildman–Crippen LogP) is 2.49. The van der Waals surface area contributed by atoms with Crippen LogP contribution in [0.4, 0.5) is 0 Å². The molecule has 0 saturated heterocycles. The molecule has 30 heavy (non-hydrogen) atoms. The maximum atomic E-state index is 11.9. The van der Waals surface area contributed by atoms with E-state index in [9.17, 15) is 9.59 Å². The van der Waals surface area contributed by atoms with Crippen LogP contribution in [-0.2, 0) is 16.1 Å². The molecule has 0 aliphatic heterocycles. The summed E-state index contributed by atoms with van der Waals surface area (Å²) in [4.78, 5) is 23.8. The van der Waals surface area contributed by atoms with Crippen molar-refractivity contribution in [1.29, 1.82) is 0 Å². The number of carbonyl (C=O) groups is 2. The van der Waals surface area contributed by atoms with Crippen LogP contribution >= 0.6 is 0 Å². The molecule has 0 radical (unpaired) electrons. The Morgan fingerprint density at radius 1 is 1.00 bits per heavy atom. The van der Waals surface area contributed by atoms with E-state index in [4.69, 9.17) is 8.83 Å². The van der Waals surface area contributed by atoms with Gasteiger partial charge >= 0.3 is 11.8 Å². The fourth-order valence-corrected chi connectivity index (χ4v) is 2.67. The minimum atomic E-state index is -0.896. The van der Waals surface area contributed by atoms with E-state index in [-0.39, 0.29) is 6.54 Å². The summed E-state index contributed by atoms with van der Waals surface area (Å²) in [5, 5.41) is 10.9. The summed E-state index contributed by atoms with van der Waals surface area (Å²) in [5.74, 6) is -0.632. The third kappa shape index (κ3) is 4.36. The lowest BCUT2D eigenvalue weighted by atomic mass is 10.2. The van der Waals surface area contributed by atoms with Crippen molar-refractivity contribution in [2.75, 3.05) is 0 Å². The van der Waals surface area contributed by atoms with Gasteiger partial charge in [0, 0.05) is 11.8 Å². The standard InChI is InChI=1S/C21H17N5O4/c27-20(22-13-17-8-4-10-29-17)21(28)24-23-12-15-14-26(16-6-2-1-3-7-16)25-19(15)18-9-5-11-30-18/h1-12,14H,13H2,(H,22,27)(H,24,28)/b23-12-. The van der Waals surface area contributed by atoms with Gasteiger partial charge in [-0.25, -0.2) is 10.1 Å². The molecule has 0 atom stereocenters. The van der Waals surface area contributed by atoms with Gasteiger partial charge in [-0.05, 0) is 36.4 Å². The Balaban J connectivity index is 1.46. The molecule has 0 spiro atoms. The van der Waals surface area contributed by atoms with Crippen LogP contribution in [0.25, 0.3) is 17.1 Å². The zero-order valence-corrected chi connectivity index (χ0v) is 15.7. The number of para-hydroxylation sites is 1. The van der Waals surface area contributed by atoms with Crippen LogP contribution in [-0.4, -0.2) is 27.8 Å². The SMILES string of the molecule is O=C(NCc1ccco1)C(=O)N/N=C\c1cn(-c2ccccc2)nc1-c1ccco1. The lowest BCUT2D eigenvalue weighted by Crippen LogP contribution is -2.37. The van der Waals surface area contributed by atoms with Gasteiger partial charge in [0.1, 0.15) is 11.5 Å². The van der Waals surface area contributed by atoms with Gasteiger partial charge < -0.3 is 14.2 Å². The highest BCUT2D eigenvalue weighted by Gasteiger charge is 2.15. The molecule has 0 saturated carbocycles. The van der Waals surface area contributed by atoms with Crippen molar-refractivity contribution in [2.45, 2.75) is 6.54 Å². The molecule has 0 unspecified atom stereocenters. The maximum Gasteiger partial charge on any atom is 0.329 e. The molecular weight excluding hydrogens is 386 g/mol. The summed E-state index contributed by atoms with van der Waals surface area (Å²) in [6.45, 7) is 0.107. The van der Waals surface area contributed by atoms with Crippen LogP contribution in [0.3, 0.4) is 0 Å². The monoisotopic (exact) mass is 403 g/mol. The van der Waals surface area contributed by atoms with Crippen molar-refractivity contribution in [3.8, 4) is 17.1 Å². The second kappa shape index (κ2) is 8.74. The fraction of sp³-hybridized carbons (Fsp3) is 0.0476. The van der Waals surface area contributed by atoms with Crippen LogP contribution in [0.15, 0.2) is 87.3 Å². The second-order valence-corrected chi connectivity index (χ2v) is 6.15. The molecule has 2 amide bonds. The third-order valence-corrected chi connectivity index (χ3v) is 4.10. The normalized spacial score (nSPS) is 10.9. The van der Waals surface area contributed by atoms with Crippen molar-refractivity contribution in [3.63, 3.8) is 0 Å². The lowest BCUT2D eigenvalue weighted by molar-refractivity contribution is -0.139. The number of nitrogens with one attached hydrogen (secondary N) is 2. The number of benzene rings is 1. The summed E-state index contributed by atoms with van der Waals surface area (Å²) < 4.78 is 12.2. The average Bonchev–Trinajstić information content (AvgIpc) is 3.54. The minimum Gasteiger partial charge on any atom is -0.467 e. The first-order valence-electron chi connectivity index (χ1n) is 9.03. The quantitative estimate of drug-likeness (QED) is 0.292. The van der Waals surface area contributed by atoms with E-state index in [2.05, 4.69) is 20.9 Å². The van der Waals surface area contributed by atoms with Gasteiger partial charge in [-0.1, -0.05) is 18.2 Å². The van der Waals surface area contributed by atoms with Gasteiger partial charge in [0.15, 0.2) is 5.76 Å². The number of aromatic nitrogens is 2. The van der Waals surface area contributed by atoms with Gasteiger partial charge in [0.2, 0.25) is 0 Å². The van der Waals surface area contributed by atoms with Crippen molar-refractivity contribution < 1.29 is 18.4 Å².